The molecule has 0 unspecified atom stereocenters. The molecule has 0 aliphatic carbocycles. The number of benzene rings is 1. The van der Waals surface area contributed by atoms with E-state index >= 15 is 0 Å². The third kappa shape index (κ3) is 3.56. The summed E-state index contributed by atoms with van der Waals surface area (Å²) in [4.78, 5) is 0. The van der Waals surface area contributed by atoms with Crippen molar-refractivity contribution in [3.05, 3.63) is 45.2 Å². The van der Waals surface area contributed by atoms with Crippen LogP contribution >= 0.6 is 34.8 Å². The van der Waals surface area contributed by atoms with E-state index in [0.29, 0.717) is 27.7 Å². The number of hydrogen-bond acceptors (Lipinski definition) is 2. The monoisotopic (exact) mass is 317 g/mol. The van der Waals surface area contributed by atoms with E-state index in [9.17, 15) is 0 Å². The highest BCUT2D eigenvalue weighted by Gasteiger charge is 2.07. The highest BCUT2D eigenvalue weighted by Crippen LogP contribution is 2.32. The second-order valence-electron chi connectivity index (χ2n) is 4.52. The number of hydrogen-bond donors (Lipinski definition) is 1. The molecule has 0 atom stereocenters. The molecule has 1 N–H and O–H groups in total. The number of halogens is 3. The standard InChI is InChI=1S/C13H14Cl3N3/c1-8(2)19-7-9(6-18-19)5-17-13-4-11(15)10(14)3-12(13)16/h3-4,6-8,17H,5H2,1-2H3. The van der Waals surface area contributed by atoms with Crippen molar-refractivity contribution in [2.75, 3.05) is 5.32 Å². The summed E-state index contributed by atoms with van der Waals surface area (Å²) < 4.78 is 1.91. The number of rotatable bonds is 4. The van der Waals surface area contributed by atoms with E-state index in [2.05, 4.69) is 24.3 Å². The summed E-state index contributed by atoms with van der Waals surface area (Å²) in [5.41, 5.74) is 1.84. The molecular formula is C13H14Cl3N3. The SMILES string of the molecule is CC(C)n1cc(CNc2cc(Cl)c(Cl)cc2Cl)cn1. The van der Waals surface area contributed by atoms with Gasteiger partial charge >= 0.3 is 0 Å². The Hall–Kier alpha value is -0.900. The fourth-order valence-electron chi connectivity index (χ4n) is 1.61. The zero-order valence-electron chi connectivity index (χ0n) is 10.6. The first-order valence-corrected chi connectivity index (χ1v) is 7.02. The fourth-order valence-corrected chi connectivity index (χ4v) is 2.22. The lowest BCUT2D eigenvalue weighted by atomic mass is 10.3. The summed E-state index contributed by atoms with van der Waals surface area (Å²) in [5.74, 6) is 0. The van der Waals surface area contributed by atoms with Crippen LogP contribution in [-0.4, -0.2) is 9.78 Å². The summed E-state index contributed by atoms with van der Waals surface area (Å²) >= 11 is 17.9. The second-order valence-corrected chi connectivity index (χ2v) is 5.74. The molecule has 1 aromatic heterocycles. The summed E-state index contributed by atoms with van der Waals surface area (Å²) in [5, 5.41) is 8.97. The average Bonchev–Trinajstić information content (AvgIpc) is 2.81. The molecule has 0 fully saturated rings. The molecular weight excluding hydrogens is 305 g/mol. The molecule has 0 spiro atoms. The van der Waals surface area contributed by atoms with Crippen LogP contribution in [0.4, 0.5) is 5.69 Å². The fraction of sp³-hybridized carbons (Fsp3) is 0.308. The van der Waals surface area contributed by atoms with E-state index in [1.54, 1.807) is 12.1 Å². The van der Waals surface area contributed by atoms with Crippen molar-refractivity contribution in [3.8, 4) is 0 Å². The third-order valence-corrected chi connectivity index (χ3v) is 3.71. The molecule has 6 heteroatoms. The molecule has 1 aromatic carbocycles. The molecule has 0 radical (unpaired) electrons. The zero-order chi connectivity index (χ0) is 14.0. The Morgan fingerprint density at radius 1 is 1.16 bits per heavy atom. The van der Waals surface area contributed by atoms with Gasteiger partial charge in [-0.2, -0.15) is 5.10 Å². The minimum atomic E-state index is 0.349. The normalized spacial score (nSPS) is 11.1. The molecule has 0 saturated carbocycles. The molecule has 102 valence electrons. The number of nitrogens with zero attached hydrogens (tertiary/aromatic N) is 2. The predicted octanol–water partition coefficient (Wildman–Crippen LogP) is 5.04. The van der Waals surface area contributed by atoms with E-state index in [4.69, 9.17) is 34.8 Å². The molecule has 2 aromatic rings. The van der Waals surface area contributed by atoms with Crippen LogP contribution in [0, 0.1) is 0 Å². The average molecular weight is 319 g/mol. The molecule has 0 amide bonds. The molecule has 0 aliphatic rings. The van der Waals surface area contributed by atoms with Gasteiger partial charge in [0, 0.05) is 24.3 Å². The van der Waals surface area contributed by atoms with Crippen LogP contribution in [0.2, 0.25) is 15.1 Å². The van der Waals surface area contributed by atoms with Crippen molar-refractivity contribution in [3.63, 3.8) is 0 Å². The van der Waals surface area contributed by atoms with Gasteiger partial charge in [-0.3, -0.25) is 4.68 Å². The Labute approximate surface area is 127 Å². The van der Waals surface area contributed by atoms with Gasteiger partial charge < -0.3 is 5.32 Å². The van der Waals surface area contributed by atoms with Gasteiger partial charge in [-0.1, -0.05) is 34.8 Å². The molecule has 3 nitrogen and oxygen atoms in total. The van der Waals surface area contributed by atoms with Crippen molar-refractivity contribution in [1.29, 1.82) is 0 Å². The quantitative estimate of drug-likeness (QED) is 0.801. The maximum Gasteiger partial charge on any atom is 0.0653 e. The first-order valence-electron chi connectivity index (χ1n) is 5.89. The van der Waals surface area contributed by atoms with Gasteiger partial charge in [0.05, 0.1) is 27.0 Å². The largest absolute Gasteiger partial charge is 0.380 e. The van der Waals surface area contributed by atoms with Gasteiger partial charge in [0.1, 0.15) is 0 Å². The molecule has 2 rings (SSSR count). The van der Waals surface area contributed by atoms with Crippen molar-refractivity contribution >= 4 is 40.5 Å². The highest BCUT2D eigenvalue weighted by atomic mass is 35.5. The maximum atomic E-state index is 6.10. The van der Waals surface area contributed by atoms with Crippen LogP contribution in [0.1, 0.15) is 25.5 Å². The van der Waals surface area contributed by atoms with Crippen molar-refractivity contribution in [2.24, 2.45) is 0 Å². The van der Waals surface area contributed by atoms with Gasteiger partial charge in [-0.05, 0) is 26.0 Å². The van der Waals surface area contributed by atoms with E-state index in [1.165, 1.54) is 0 Å². The van der Waals surface area contributed by atoms with Crippen LogP contribution in [0.5, 0.6) is 0 Å². The Morgan fingerprint density at radius 2 is 1.84 bits per heavy atom. The summed E-state index contributed by atoms with van der Waals surface area (Å²) in [6.45, 7) is 4.80. The minimum absolute atomic E-state index is 0.349. The molecule has 19 heavy (non-hydrogen) atoms. The second kappa shape index (κ2) is 6.04. The Balaban J connectivity index is 2.07. The van der Waals surface area contributed by atoms with Crippen LogP contribution < -0.4 is 5.32 Å². The van der Waals surface area contributed by atoms with E-state index in [-0.39, 0.29) is 0 Å². The highest BCUT2D eigenvalue weighted by molar-refractivity contribution is 6.44. The Kier molecular flexibility index (Phi) is 4.61. The summed E-state index contributed by atoms with van der Waals surface area (Å²) in [6.07, 6.45) is 3.83. The van der Waals surface area contributed by atoms with Gasteiger partial charge in [-0.15, -0.1) is 0 Å². The zero-order valence-corrected chi connectivity index (χ0v) is 12.9. The lowest BCUT2D eigenvalue weighted by molar-refractivity contribution is 0.532. The molecule has 1 heterocycles. The summed E-state index contributed by atoms with van der Waals surface area (Å²) in [7, 11) is 0. The van der Waals surface area contributed by atoms with E-state index in [0.717, 1.165) is 11.3 Å². The van der Waals surface area contributed by atoms with Crippen LogP contribution in [-0.2, 0) is 6.54 Å². The van der Waals surface area contributed by atoms with Gasteiger partial charge in [0.25, 0.3) is 0 Å². The predicted molar refractivity (Wildman–Crippen MR) is 81.4 cm³/mol. The van der Waals surface area contributed by atoms with Gasteiger partial charge in [0.15, 0.2) is 0 Å². The molecule has 0 bridgehead atoms. The lowest BCUT2D eigenvalue weighted by Gasteiger charge is -2.09. The number of aromatic nitrogens is 2. The molecule has 0 aliphatic heterocycles. The first kappa shape index (κ1) is 14.5. The van der Waals surface area contributed by atoms with Gasteiger partial charge in [-0.25, -0.2) is 0 Å². The maximum absolute atomic E-state index is 6.10. The molecule has 0 saturated heterocycles. The van der Waals surface area contributed by atoms with Crippen molar-refractivity contribution in [2.45, 2.75) is 26.4 Å². The van der Waals surface area contributed by atoms with Crippen molar-refractivity contribution in [1.82, 2.24) is 9.78 Å². The topological polar surface area (TPSA) is 29.9 Å². The lowest BCUT2D eigenvalue weighted by Crippen LogP contribution is -2.01. The number of anilines is 1. The van der Waals surface area contributed by atoms with Crippen LogP contribution in [0.3, 0.4) is 0 Å². The first-order chi connectivity index (χ1) is 8.97. The Morgan fingerprint density at radius 3 is 2.47 bits per heavy atom. The van der Waals surface area contributed by atoms with Gasteiger partial charge in [0.2, 0.25) is 0 Å². The number of nitrogens with one attached hydrogen (secondary N) is 1. The Bertz CT molecular complexity index is 579. The van der Waals surface area contributed by atoms with E-state index in [1.807, 2.05) is 17.1 Å². The van der Waals surface area contributed by atoms with Crippen molar-refractivity contribution < 1.29 is 0 Å². The smallest absolute Gasteiger partial charge is 0.0653 e. The third-order valence-electron chi connectivity index (χ3n) is 2.68. The summed E-state index contributed by atoms with van der Waals surface area (Å²) in [6, 6.07) is 3.70. The van der Waals surface area contributed by atoms with Crippen LogP contribution in [0.15, 0.2) is 24.5 Å². The minimum Gasteiger partial charge on any atom is -0.380 e. The van der Waals surface area contributed by atoms with E-state index < -0.39 is 0 Å². The van der Waals surface area contributed by atoms with Crippen LogP contribution in [0.25, 0.3) is 0 Å².